The molecule has 20 heavy (non-hydrogen) atoms. The molecule has 4 heteroatoms. The molecule has 0 N–H and O–H groups in total. The lowest BCUT2D eigenvalue weighted by molar-refractivity contribution is 1.88. The van der Waals surface area contributed by atoms with Gasteiger partial charge in [0.15, 0.2) is 0 Å². The van der Waals surface area contributed by atoms with E-state index in [-0.39, 0.29) is 0 Å². The van der Waals surface area contributed by atoms with Crippen LogP contribution in [0, 0.1) is 44.3 Å². The average Bonchev–Trinajstić information content (AvgIpc) is 2.30. The zero-order chi connectivity index (χ0) is 15.7. The molecule has 0 spiro atoms. The third-order valence-corrected chi connectivity index (χ3v) is 9.75. The van der Waals surface area contributed by atoms with E-state index in [1.165, 1.54) is 0 Å². The summed E-state index contributed by atoms with van der Waals surface area (Å²) in [6.45, 7) is 17.8. The molecule has 1 aliphatic rings. The highest BCUT2D eigenvalue weighted by Gasteiger charge is 2.24. The standard InChI is InChI=1S/C16H24Si4/c1-17(2)9-11-18(3,4)13-15-20(7,8)16-14-19(5,6)12-10-17/h1-8H3. The maximum atomic E-state index is 3.50. The Kier molecular flexibility index (Phi) is 4.70. The van der Waals surface area contributed by atoms with Crippen molar-refractivity contribution in [3.8, 4) is 44.3 Å². The van der Waals surface area contributed by atoms with Gasteiger partial charge in [0.1, 0.15) is 0 Å². The van der Waals surface area contributed by atoms with Gasteiger partial charge >= 0.3 is 0 Å². The molecule has 0 aromatic carbocycles. The van der Waals surface area contributed by atoms with Crippen LogP contribution in [0.2, 0.25) is 52.4 Å². The fraction of sp³-hybridized carbons (Fsp3) is 0.500. The Hall–Kier alpha value is -0.892. The minimum atomic E-state index is -1.76. The fourth-order valence-electron chi connectivity index (χ4n) is 1.38. The Morgan fingerprint density at radius 3 is 0.500 bits per heavy atom. The molecule has 0 saturated heterocycles. The summed E-state index contributed by atoms with van der Waals surface area (Å²) in [5.41, 5.74) is 28.0. The Bertz CT molecular complexity index is 490. The Morgan fingerprint density at radius 2 is 0.400 bits per heavy atom. The summed E-state index contributed by atoms with van der Waals surface area (Å²) in [7, 11) is -7.03. The molecule has 0 atom stereocenters. The highest BCUT2D eigenvalue weighted by atomic mass is 28.3. The molecule has 1 heterocycles. The molecule has 104 valence electrons. The van der Waals surface area contributed by atoms with Gasteiger partial charge < -0.3 is 0 Å². The van der Waals surface area contributed by atoms with Crippen molar-refractivity contribution in [2.45, 2.75) is 52.4 Å². The average molecular weight is 329 g/mol. The van der Waals surface area contributed by atoms with Crippen molar-refractivity contribution in [2.75, 3.05) is 0 Å². The van der Waals surface area contributed by atoms with Gasteiger partial charge in [-0.05, 0) is 52.4 Å². The van der Waals surface area contributed by atoms with E-state index in [1.54, 1.807) is 0 Å². The lowest BCUT2D eigenvalue weighted by Crippen LogP contribution is -2.32. The number of hydrogen-bond donors (Lipinski definition) is 0. The lowest BCUT2D eigenvalue weighted by atomic mass is 11.3. The quantitative estimate of drug-likeness (QED) is 0.473. The van der Waals surface area contributed by atoms with Crippen molar-refractivity contribution in [3.05, 3.63) is 0 Å². The SMILES string of the molecule is C[Si]1(C)C#C[Si](C)(C)C#C[Si](C)(C)C#C[Si](C)(C)C#C1. The van der Waals surface area contributed by atoms with Crippen LogP contribution < -0.4 is 0 Å². The van der Waals surface area contributed by atoms with Gasteiger partial charge in [-0.1, -0.05) is 0 Å². The summed E-state index contributed by atoms with van der Waals surface area (Å²) in [4.78, 5) is 0. The molecular weight excluding hydrogens is 305 g/mol. The molecule has 0 radical (unpaired) electrons. The van der Waals surface area contributed by atoms with Crippen molar-refractivity contribution < 1.29 is 0 Å². The predicted octanol–water partition coefficient (Wildman–Crippen LogP) is 3.16. The Balaban J connectivity index is 3.46. The molecule has 0 amide bonds. The van der Waals surface area contributed by atoms with Gasteiger partial charge in [-0.2, -0.15) is 0 Å². The first kappa shape index (κ1) is 17.2. The van der Waals surface area contributed by atoms with E-state index in [0.717, 1.165) is 0 Å². The van der Waals surface area contributed by atoms with Gasteiger partial charge in [-0.3, -0.25) is 0 Å². The molecular formula is C16H24Si4. The van der Waals surface area contributed by atoms with Gasteiger partial charge in [-0.25, -0.2) is 0 Å². The normalized spacial score (nSPS) is 23.6. The van der Waals surface area contributed by atoms with Crippen LogP contribution in [0.25, 0.3) is 0 Å². The number of hydrogen-bond acceptors (Lipinski definition) is 0. The number of rotatable bonds is 0. The van der Waals surface area contributed by atoms with Gasteiger partial charge in [0.05, 0.1) is 0 Å². The third-order valence-electron chi connectivity index (χ3n) is 2.75. The second-order valence-electron chi connectivity index (χ2n) is 7.50. The highest BCUT2D eigenvalue weighted by Crippen LogP contribution is 2.07. The molecule has 0 fully saturated rings. The van der Waals surface area contributed by atoms with Crippen LogP contribution >= 0.6 is 0 Å². The maximum Gasteiger partial charge on any atom is 0.209 e. The van der Waals surface area contributed by atoms with Crippen LogP contribution in [0.3, 0.4) is 0 Å². The van der Waals surface area contributed by atoms with Gasteiger partial charge in [0, 0.05) is 0 Å². The summed E-state index contributed by atoms with van der Waals surface area (Å²) in [5.74, 6) is 0. The molecule has 0 nitrogen and oxygen atoms in total. The molecule has 1 aliphatic heterocycles. The lowest BCUT2D eigenvalue weighted by Gasteiger charge is -2.14. The summed E-state index contributed by atoms with van der Waals surface area (Å²) in [6, 6.07) is 0. The van der Waals surface area contributed by atoms with Gasteiger partial charge in [0.2, 0.25) is 32.3 Å². The second kappa shape index (κ2) is 5.48. The van der Waals surface area contributed by atoms with Crippen LogP contribution in [0.5, 0.6) is 0 Å². The van der Waals surface area contributed by atoms with E-state index < -0.39 is 32.3 Å². The fourth-order valence-corrected chi connectivity index (χ4v) is 11.6. The van der Waals surface area contributed by atoms with Gasteiger partial charge in [0.25, 0.3) is 0 Å². The molecule has 0 aromatic rings. The van der Waals surface area contributed by atoms with Crippen LogP contribution in [-0.2, 0) is 0 Å². The molecule has 0 aliphatic carbocycles. The van der Waals surface area contributed by atoms with Crippen molar-refractivity contribution in [3.63, 3.8) is 0 Å². The van der Waals surface area contributed by atoms with E-state index in [2.05, 4.69) is 96.7 Å². The van der Waals surface area contributed by atoms with E-state index in [0.29, 0.717) is 0 Å². The summed E-state index contributed by atoms with van der Waals surface area (Å²) >= 11 is 0. The second-order valence-corrected chi connectivity index (χ2v) is 22.5. The molecule has 0 unspecified atom stereocenters. The molecule has 0 saturated carbocycles. The maximum absolute atomic E-state index is 3.50. The molecule has 0 aromatic heterocycles. The summed E-state index contributed by atoms with van der Waals surface area (Å²) in [5, 5.41) is 0. The third kappa shape index (κ3) is 6.04. The Morgan fingerprint density at radius 1 is 0.300 bits per heavy atom. The zero-order valence-electron chi connectivity index (χ0n) is 14.0. The monoisotopic (exact) mass is 328 g/mol. The van der Waals surface area contributed by atoms with Crippen molar-refractivity contribution >= 4 is 32.3 Å². The smallest absolute Gasteiger partial charge is 0.122 e. The minimum Gasteiger partial charge on any atom is -0.122 e. The van der Waals surface area contributed by atoms with E-state index in [4.69, 9.17) is 0 Å². The summed E-state index contributed by atoms with van der Waals surface area (Å²) in [6.07, 6.45) is 0. The van der Waals surface area contributed by atoms with E-state index in [9.17, 15) is 0 Å². The topological polar surface area (TPSA) is 0 Å². The largest absolute Gasteiger partial charge is 0.209 e. The van der Waals surface area contributed by atoms with E-state index in [1.807, 2.05) is 0 Å². The first-order chi connectivity index (χ1) is 8.83. The van der Waals surface area contributed by atoms with Crippen LogP contribution in [0.15, 0.2) is 0 Å². The summed E-state index contributed by atoms with van der Waals surface area (Å²) < 4.78 is 0. The van der Waals surface area contributed by atoms with Crippen LogP contribution in [0.1, 0.15) is 0 Å². The first-order valence-electron chi connectivity index (χ1n) is 7.00. The van der Waals surface area contributed by atoms with Crippen molar-refractivity contribution in [1.29, 1.82) is 0 Å². The zero-order valence-corrected chi connectivity index (χ0v) is 18.0. The van der Waals surface area contributed by atoms with Crippen LogP contribution in [-0.4, -0.2) is 32.3 Å². The molecule has 0 bridgehead atoms. The first-order valence-corrected chi connectivity index (χ1v) is 19.0. The van der Waals surface area contributed by atoms with E-state index >= 15 is 0 Å². The minimum absolute atomic E-state index is 1.76. The van der Waals surface area contributed by atoms with Gasteiger partial charge in [-0.15, -0.1) is 44.3 Å². The predicted molar refractivity (Wildman–Crippen MR) is 101 cm³/mol. The Labute approximate surface area is 129 Å². The molecule has 1 rings (SSSR count). The highest BCUT2D eigenvalue weighted by molar-refractivity contribution is 7.02. The van der Waals surface area contributed by atoms with Crippen molar-refractivity contribution in [1.82, 2.24) is 0 Å². The van der Waals surface area contributed by atoms with Crippen molar-refractivity contribution in [2.24, 2.45) is 0 Å². The van der Waals surface area contributed by atoms with Crippen LogP contribution in [0.4, 0.5) is 0 Å².